The minimum absolute atomic E-state index is 0.156. The quantitative estimate of drug-likeness (QED) is 0.616. The van der Waals surface area contributed by atoms with Crippen molar-refractivity contribution >= 4 is 49.7 Å². The average Bonchev–Trinajstić information content (AvgIpc) is 3.17. The first-order valence-electron chi connectivity index (χ1n) is 8.38. The number of benzene rings is 2. The molecule has 2 aliphatic rings. The summed E-state index contributed by atoms with van der Waals surface area (Å²) in [5, 5.41) is 0. The summed E-state index contributed by atoms with van der Waals surface area (Å²) in [4.78, 5) is 16.3. The third-order valence-electron chi connectivity index (χ3n) is 4.66. The number of sulfone groups is 1. The Balaban J connectivity index is 1.87. The molecular weight excluding hydrogens is 463 g/mol. The maximum absolute atomic E-state index is 13.1. The minimum Gasteiger partial charge on any atom is -0.338 e. The number of hydrogen-bond acceptors (Lipinski definition) is 4. The van der Waals surface area contributed by atoms with E-state index in [0.29, 0.717) is 18.8 Å². The van der Waals surface area contributed by atoms with Crippen LogP contribution < -0.4 is 4.90 Å². The van der Waals surface area contributed by atoms with Crippen molar-refractivity contribution in [2.24, 2.45) is 0 Å². The van der Waals surface area contributed by atoms with Gasteiger partial charge < -0.3 is 9.80 Å². The Morgan fingerprint density at radius 3 is 2.31 bits per heavy atom. The second kappa shape index (κ2) is 6.70. The molecule has 0 aliphatic carbocycles. The molecule has 0 unspecified atom stereocenters. The molecule has 7 heteroatoms. The van der Waals surface area contributed by atoms with Crippen molar-refractivity contribution in [2.45, 2.75) is 17.7 Å². The van der Waals surface area contributed by atoms with Crippen molar-refractivity contribution in [3.05, 3.63) is 63.2 Å². The molecular formula is C19H17IN2O3S. The largest absolute Gasteiger partial charge is 0.338 e. The van der Waals surface area contributed by atoms with Crippen molar-refractivity contribution in [2.75, 3.05) is 18.0 Å². The topological polar surface area (TPSA) is 57.7 Å². The van der Waals surface area contributed by atoms with Crippen LogP contribution in [0.1, 0.15) is 12.8 Å². The Hall–Kier alpha value is -1.87. The van der Waals surface area contributed by atoms with E-state index >= 15 is 0 Å². The SMILES string of the molecule is O=C(C1=CN(c2ccc(I)cc2)c2ccccc2S1(=O)=O)N1CCCC1. The summed E-state index contributed by atoms with van der Waals surface area (Å²) in [6.45, 7) is 1.22. The number of rotatable bonds is 2. The van der Waals surface area contributed by atoms with Crippen LogP contribution in [0.15, 0.2) is 64.5 Å². The van der Waals surface area contributed by atoms with Gasteiger partial charge in [0.05, 0.1) is 10.6 Å². The van der Waals surface area contributed by atoms with Crippen molar-refractivity contribution in [1.29, 1.82) is 0 Å². The van der Waals surface area contributed by atoms with Gasteiger partial charge in [-0.2, -0.15) is 0 Å². The van der Waals surface area contributed by atoms with Crippen molar-refractivity contribution in [3.63, 3.8) is 0 Å². The van der Waals surface area contributed by atoms with Gasteiger partial charge in [-0.3, -0.25) is 4.79 Å². The zero-order valence-electron chi connectivity index (χ0n) is 13.9. The molecule has 1 saturated heterocycles. The third-order valence-corrected chi connectivity index (χ3v) is 7.16. The van der Waals surface area contributed by atoms with E-state index in [1.54, 1.807) is 34.1 Å². The maximum atomic E-state index is 13.1. The molecule has 0 radical (unpaired) electrons. The lowest BCUT2D eigenvalue weighted by Crippen LogP contribution is -2.35. The lowest BCUT2D eigenvalue weighted by Gasteiger charge is -2.30. The first-order chi connectivity index (χ1) is 12.5. The number of para-hydroxylation sites is 1. The normalized spacial score (nSPS) is 18.4. The smallest absolute Gasteiger partial charge is 0.267 e. The zero-order valence-corrected chi connectivity index (χ0v) is 16.9. The Morgan fingerprint density at radius 1 is 0.962 bits per heavy atom. The Morgan fingerprint density at radius 2 is 1.62 bits per heavy atom. The molecule has 1 amide bonds. The average molecular weight is 480 g/mol. The molecule has 4 rings (SSSR count). The van der Waals surface area contributed by atoms with E-state index in [0.717, 1.165) is 22.1 Å². The molecule has 1 fully saturated rings. The Labute approximate surface area is 166 Å². The molecule has 0 aromatic heterocycles. The van der Waals surface area contributed by atoms with Crippen molar-refractivity contribution in [3.8, 4) is 0 Å². The van der Waals surface area contributed by atoms with Gasteiger partial charge in [-0.1, -0.05) is 12.1 Å². The molecule has 134 valence electrons. The van der Waals surface area contributed by atoms with Crippen LogP contribution in [0.2, 0.25) is 0 Å². The number of hydrogen-bond donors (Lipinski definition) is 0. The summed E-state index contributed by atoms with van der Waals surface area (Å²) in [7, 11) is -3.84. The van der Waals surface area contributed by atoms with Gasteiger partial charge in [0.1, 0.15) is 0 Å². The molecule has 5 nitrogen and oxygen atoms in total. The molecule has 2 heterocycles. The fourth-order valence-corrected chi connectivity index (χ4v) is 5.22. The number of fused-ring (bicyclic) bond motifs is 1. The van der Waals surface area contributed by atoms with Gasteiger partial charge in [0.2, 0.25) is 9.84 Å². The van der Waals surface area contributed by atoms with E-state index in [2.05, 4.69) is 22.6 Å². The van der Waals surface area contributed by atoms with Gasteiger partial charge in [-0.15, -0.1) is 0 Å². The van der Waals surface area contributed by atoms with Crippen LogP contribution in [-0.4, -0.2) is 32.3 Å². The van der Waals surface area contributed by atoms with E-state index < -0.39 is 15.7 Å². The van der Waals surface area contributed by atoms with Crippen molar-refractivity contribution in [1.82, 2.24) is 4.90 Å². The molecule has 2 aromatic carbocycles. The Kier molecular flexibility index (Phi) is 4.52. The van der Waals surface area contributed by atoms with Gasteiger partial charge in [-0.05, 0) is 71.8 Å². The predicted molar refractivity (Wildman–Crippen MR) is 109 cm³/mol. The van der Waals surface area contributed by atoms with Crippen LogP contribution >= 0.6 is 22.6 Å². The molecule has 0 bridgehead atoms. The van der Waals surface area contributed by atoms with E-state index in [-0.39, 0.29) is 9.80 Å². The highest BCUT2D eigenvalue weighted by molar-refractivity contribution is 14.1. The van der Waals surface area contributed by atoms with Crippen LogP contribution in [0, 0.1) is 3.57 Å². The van der Waals surface area contributed by atoms with E-state index in [4.69, 9.17) is 0 Å². The molecule has 2 aliphatic heterocycles. The van der Waals surface area contributed by atoms with E-state index in [9.17, 15) is 13.2 Å². The zero-order chi connectivity index (χ0) is 18.3. The van der Waals surface area contributed by atoms with Crippen LogP contribution in [0.5, 0.6) is 0 Å². The summed E-state index contributed by atoms with van der Waals surface area (Å²) in [5.74, 6) is -0.410. The standard InChI is InChI=1S/C19H17IN2O3S/c20-14-7-9-15(10-8-14)22-13-18(19(23)21-11-3-4-12-21)26(24,25)17-6-2-1-5-16(17)22/h1-2,5-10,13H,3-4,11-12H2. The summed E-state index contributed by atoms with van der Waals surface area (Å²) in [6, 6.07) is 14.6. The highest BCUT2D eigenvalue weighted by Crippen LogP contribution is 2.40. The molecule has 0 saturated carbocycles. The second-order valence-electron chi connectivity index (χ2n) is 6.31. The van der Waals surface area contributed by atoms with Crippen molar-refractivity contribution < 1.29 is 13.2 Å². The predicted octanol–water partition coefficient (Wildman–Crippen LogP) is 3.68. The Bertz CT molecular complexity index is 994. The van der Waals surface area contributed by atoms with Gasteiger partial charge >= 0.3 is 0 Å². The lowest BCUT2D eigenvalue weighted by molar-refractivity contribution is -0.125. The number of carbonyl (C=O) groups excluding carboxylic acids is 1. The number of halogens is 1. The van der Waals surface area contributed by atoms with E-state index in [1.165, 1.54) is 6.20 Å². The first-order valence-corrected chi connectivity index (χ1v) is 10.9. The van der Waals surface area contributed by atoms with E-state index in [1.807, 2.05) is 24.3 Å². The first kappa shape index (κ1) is 17.5. The molecule has 26 heavy (non-hydrogen) atoms. The number of anilines is 2. The summed E-state index contributed by atoms with van der Waals surface area (Å²) in [5.41, 5.74) is 1.38. The highest BCUT2D eigenvalue weighted by atomic mass is 127. The molecule has 0 N–H and O–H groups in total. The third kappa shape index (κ3) is 2.92. The number of nitrogens with zero attached hydrogens (tertiary/aromatic N) is 2. The van der Waals surface area contributed by atoms with Crippen LogP contribution in [0.4, 0.5) is 11.4 Å². The summed E-state index contributed by atoms with van der Waals surface area (Å²) < 4.78 is 27.3. The minimum atomic E-state index is -3.84. The van der Waals surface area contributed by atoms with Gasteiger partial charge in [0, 0.05) is 28.5 Å². The lowest BCUT2D eigenvalue weighted by atomic mass is 10.2. The number of carbonyl (C=O) groups is 1. The maximum Gasteiger partial charge on any atom is 0.267 e. The molecule has 0 spiro atoms. The van der Waals surface area contributed by atoms with Gasteiger partial charge in [-0.25, -0.2) is 8.42 Å². The van der Waals surface area contributed by atoms with Gasteiger partial charge in [0.15, 0.2) is 4.91 Å². The number of likely N-dealkylation sites (tertiary alicyclic amines) is 1. The summed E-state index contributed by atoms with van der Waals surface area (Å²) in [6.07, 6.45) is 3.30. The van der Waals surface area contributed by atoms with Gasteiger partial charge in [0.25, 0.3) is 5.91 Å². The molecule has 2 aromatic rings. The monoisotopic (exact) mass is 480 g/mol. The fraction of sp³-hybridized carbons (Fsp3) is 0.211. The number of amides is 1. The summed E-state index contributed by atoms with van der Waals surface area (Å²) >= 11 is 2.22. The van der Waals surface area contributed by atoms with Crippen LogP contribution in [-0.2, 0) is 14.6 Å². The van der Waals surface area contributed by atoms with Crippen LogP contribution in [0.3, 0.4) is 0 Å². The fourth-order valence-electron chi connectivity index (χ4n) is 3.32. The highest BCUT2D eigenvalue weighted by Gasteiger charge is 2.38. The molecule has 0 atom stereocenters. The second-order valence-corrected chi connectivity index (χ2v) is 9.44. The van der Waals surface area contributed by atoms with Crippen LogP contribution in [0.25, 0.3) is 0 Å².